The Labute approximate surface area is 122 Å². The van der Waals surface area contributed by atoms with Crippen molar-refractivity contribution in [3.8, 4) is 0 Å². The number of rotatable bonds is 9. The lowest BCUT2D eigenvalue weighted by Gasteiger charge is -2.43. The van der Waals surface area contributed by atoms with Crippen molar-refractivity contribution in [1.82, 2.24) is 0 Å². The van der Waals surface area contributed by atoms with E-state index in [4.69, 9.17) is 24.7 Å². The minimum Gasteiger partial charge on any atom is -0.376 e. The van der Waals surface area contributed by atoms with Crippen molar-refractivity contribution in [1.29, 1.82) is 0 Å². The molecule has 0 amide bonds. The molecular weight excluding hydrogens is 272 g/mol. The Hall–Kier alpha value is -0.763. The van der Waals surface area contributed by atoms with Crippen LogP contribution in [0.4, 0.5) is 0 Å². The van der Waals surface area contributed by atoms with Crippen LogP contribution >= 0.6 is 0 Å². The first-order chi connectivity index (χ1) is 9.63. The summed E-state index contributed by atoms with van der Waals surface area (Å²) in [4.78, 5) is 0. The van der Waals surface area contributed by atoms with E-state index < -0.39 is 13.8 Å². The molecule has 0 aromatic heterocycles. The number of hydrogen-bond donors (Lipinski definition) is 2. The van der Waals surface area contributed by atoms with Gasteiger partial charge in [-0.15, -0.1) is 0 Å². The standard InChI is InChI=1S/C14H26N2O3Si/c1-17-20(18-2,19-3)14(12-16,9-10-15)11-13-7-5-4-6-8-13/h4-8H,9-12,15-16H2,1-3H3. The highest BCUT2D eigenvalue weighted by atomic mass is 28.4. The molecule has 0 aliphatic rings. The fourth-order valence-corrected chi connectivity index (χ4v) is 5.73. The normalized spacial score (nSPS) is 15.1. The second-order valence-electron chi connectivity index (χ2n) is 4.85. The van der Waals surface area contributed by atoms with E-state index in [1.54, 1.807) is 21.3 Å². The molecule has 1 aromatic carbocycles. The Morgan fingerprint density at radius 2 is 1.55 bits per heavy atom. The Morgan fingerprint density at radius 1 is 1.00 bits per heavy atom. The van der Waals surface area contributed by atoms with Gasteiger partial charge in [-0.25, -0.2) is 0 Å². The lowest BCUT2D eigenvalue weighted by molar-refractivity contribution is 0.0871. The van der Waals surface area contributed by atoms with Crippen LogP contribution in [-0.2, 0) is 19.7 Å². The molecule has 1 aromatic rings. The van der Waals surface area contributed by atoms with Crippen LogP contribution in [-0.4, -0.2) is 43.2 Å². The minimum absolute atomic E-state index is 0.404. The third-order valence-electron chi connectivity index (χ3n) is 3.85. The van der Waals surface area contributed by atoms with Crippen molar-refractivity contribution in [2.24, 2.45) is 11.5 Å². The van der Waals surface area contributed by atoms with E-state index in [-0.39, 0.29) is 0 Å². The average Bonchev–Trinajstić information content (AvgIpc) is 2.50. The quantitative estimate of drug-likeness (QED) is 0.669. The number of hydrogen-bond acceptors (Lipinski definition) is 5. The van der Waals surface area contributed by atoms with Gasteiger partial charge in [-0.05, 0) is 24.9 Å². The summed E-state index contributed by atoms with van der Waals surface area (Å²) in [6, 6.07) is 10.1. The first-order valence-electron chi connectivity index (χ1n) is 6.73. The molecule has 114 valence electrons. The third kappa shape index (κ3) is 3.28. The van der Waals surface area contributed by atoms with Gasteiger partial charge in [-0.1, -0.05) is 30.3 Å². The maximum atomic E-state index is 6.09. The molecule has 0 radical (unpaired) electrons. The lowest BCUT2D eigenvalue weighted by Crippen LogP contribution is -2.59. The fraction of sp³-hybridized carbons (Fsp3) is 0.571. The van der Waals surface area contributed by atoms with E-state index in [0.717, 1.165) is 6.42 Å². The third-order valence-corrected chi connectivity index (χ3v) is 7.40. The summed E-state index contributed by atoms with van der Waals surface area (Å²) in [6.45, 7) is 0.912. The molecule has 0 aliphatic carbocycles. The molecule has 0 aliphatic heterocycles. The van der Waals surface area contributed by atoms with Crippen molar-refractivity contribution in [2.75, 3.05) is 34.4 Å². The molecule has 1 atom stereocenters. The van der Waals surface area contributed by atoms with Gasteiger partial charge in [0.2, 0.25) is 0 Å². The average molecular weight is 298 g/mol. The van der Waals surface area contributed by atoms with Crippen molar-refractivity contribution in [3.63, 3.8) is 0 Å². The van der Waals surface area contributed by atoms with Gasteiger partial charge in [0, 0.05) is 27.9 Å². The molecule has 5 nitrogen and oxygen atoms in total. The predicted molar refractivity (Wildman–Crippen MR) is 82.3 cm³/mol. The molecular formula is C14H26N2O3Si. The van der Waals surface area contributed by atoms with Gasteiger partial charge >= 0.3 is 8.80 Å². The van der Waals surface area contributed by atoms with Gasteiger partial charge in [0.25, 0.3) is 0 Å². The predicted octanol–water partition coefficient (Wildman–Crippen LogP) is 1.16. The van der Waals surface area contributed by atoms with E-state index in [2.05, 4.69) is 12.1 Å². The maximum Gasteiger partial charge on any atom is 0.508 e. The minimum atomic E-state index is -2.91. The van der Waals surface area contributed by atoms with Gasteiger partial charge in [0.05, 0.1) is 5.04 Å². The van der Waals surface area contributed by atoms with Crippen LogP contribution in [0.1, 0.15) is 12.0 Å². The highest BCUT2D eigenvalue weighted by Gasteiger charge is 2.58. The largest absolute Gasteiger partial charge is 0.508 e. The van der Waals surface area contributed by atoms with Crippen LogP contribution in [0.25, 0.3) is 0 Å². The van der Waals surface area contributed by atoms with Gasteiger partial charge in [-0.3, -0.25) is 0 Å². The van der Waals surface area contributed by atoms with Crippen LogP contribution in [0.15, 0.2) is 30.3 Å². The van der Waals surface area contributed by atoms with Crippen molar-refractivity contribution in [2.45, 2.75) is 17.9 Å². The highest BCUT2D eigenvalue weighted by Crippen LogP contribution is 2.44. The Bertz CT molecular complexity index is 379. The zero-order valence-electron chi connectivity index (χ0n) is 12.6. The van der Waals surface area contributed by atoms with E-state index in [9.17, 15) is 0 Å². The molecule has 1 unspecified atom stereocenters. The maximum absolute atomic E-state index is 6.09. The molecule has 0 heterocycles. The summed E-state index contributed by atoms with van der Waals surface area (Å²) in [6.07, 6.45) is 1.42. The summed E-state index contributed by atoms with van der Waals surface area (Å²) in [5.74, 6) is 0. The zero-order valence-corrected chi connectivity index (χ0v) is 13.6. The molecule has 4 N–H and O–H groups in total. The van der Waals surface area contributed by atoms with Crippen LogP contribution in [0, 0.1) is 0 Å². The number of nitrogens with two attached hydrogens (primary N) is 2. The Kier molecular flexibility index (Phi) is 6.80. The first kappa shape index (κ1) is 17.3. The van der Waals surface area contributed by atoms with E-state index in [1.807, 2.05) is 18.2 Å². The fourth-order valence-electron chi connectivity index (χ4n) is 2.81. The van der Waals surface area contributed by atoms with E-state index in [1.165, 1.54) is 5.56 Å². The van der Waals surface area contributed by atoms with Gasteiger partial charge in [-0.2, -0.15) is 0 Å². The summed E-state index contributed by atoms with van der Waals surface area (Å²) in [7, 11) is 1.94. The number of benzene rings is 1. The SMILES string of the molecule is CO[Si](OC)(OC)C(CN)(CCN)Cc1ccccc1. The molecule has 6 heteroatoms. The van der Waals surface area contributed by atoms with Crippen LogP contribution in [0.3, 0.4) is 0 Å². The second-order valence-corrected chi connectivity index (χ2v) is 8.25. The van der Waals surface area contributed by atoms with E-state index >= 15 is 0 Å². The smallest absolute Gasteiger partial charge is 0.376 e. The molecule has 1 rings (SSSR count). The summed E-state index contributed by atoms with van der Waals surface area (Å²) in [5, 5.41) is -0.415. The van der Waals surface area contributed by atoms with Crippen molar-refractivity contribution in [3.05, 3.63) is 35.9 Å². The molecule has 0 spiro atoms. The zero-order chi connectivity index (χ0) is 15.1. The molecule has 0 saturated carbocycles. The van der Waals surface area contributed by atoms with Crippen molar-refractivity contribution < 1.29 is 13.3 Å². The van der Waals surface area contributed by atoms with Gasteiger partial charge in [0.15, 0.2) is 0 Å². The first-order valence-corrected chi connectivity index (χ1v) is 8.45. The monoisotopic (exact) mass is 298 g/mol. The van der Waals surface area contributed by atoms with Gasteiger partial charge in [0.1, 0.15) is 0 Å². The summed E-state index contributed by atoms with van der Waals surface area (Å²) in [5.41, 5.74) is 13.1. The molecule has 0 saturated heterocycles. The highest BCUT2D eigenvalue weighted by molar-refractivity contribution is 6.64. The molecule has 0 bridgehead atoms. The lowest BCUT2D eigenvalue weighted by atomic mass is 9.95. The van der Waals surface area contributed by atoms with Crippen LogP contribution in [0.5, 0.6) is 0 Å². The van der Waals surface area contributed by atoms with Gasteiger partial charge < -0.3 is 24.7 Å². The molecule has 0 fully saturated rings. The molecule has 20 heavy (non-hydrogen) atoms. The van der Waals surface area contributed by atoms with Crippen LogP contribution < -0.4 is 11.5 Å². The van der Waals surface area contributed by atoms with Crippen LogP contribution in [0.2, 0.25) is 5.04 Å². The summed E-state index contributed by atoms with van der Waals surface area (Å²) >= 11 is 0. The van der Waals surface area contributed by atoms with Crippen molar-refractivity contribution >= 4 is 8.80 Å². The Balaban J connectivity index is 3.19. The topological polar surface area (TPSA) is 79.7 Å². The second kappa shape index (κ2) is 7.87. The Morgan fingerprint density at radius 3 is 1.95 bits per heavy atom. The van der Waals surface area contributed by atoms with E-state index in [0.29, 0.717) is 19.5 Å². The summed E-state index contributed by atoms with van der Waals surface area (Å²) < 4.78 is 17.0.